The highest BCUT2D eigenvalue weighted by molar-refractivity contribution is 5.71. The monoisotopic (exact) mass is 497 g/mol. The van der Waals surface area contributed by atoms with Gasteiger partial charge in [-0.2, -0.15) is 13.2 Å². The van der Waals surface area contributed by atoms with E-state index in [4.69, 9.17) is 4.74 Å². The zero-order chi connectivity index (χ0) is 26.3. The highest BCUT2D eigenvalue weighted by Crippen LogP contribution is 2.28. The van der Waals surface area contributed by atoms with Gasteiger partial charge < -0.3 is 9.64 Å². The SMILES string of the molecule is CCOC(=O)CCN(Cc1ccc(C(C)(C)C)cc1)c1ccc(-c2ccc(CC(F)(F)F)cc2)cc1. The molecule has 0 unspecified atom stereocenters. The van der Waals surface area contributed by atoms with Crippen LogP contribution in [0.3, 0.4) is 0 Å². The summed E-state index contributed by atoms with van der Waals surface area (Å²) in [6.45, 7) is 9.82. The second-order valence-corrected chi connectivity index (χ2v) is 9.96. The van der Waals surface area contributed by atoms with Gasteiger partial charge in [-0.25, -0.2) is 0 Å². The molecule has 0 N–H and O–H groups in total. The fraction of sp³-hybridized carbons (Fsp3) is 0.367. The Labute approximate surface area is 211 Å². The molecule has 192 valence electrons. The van der Waals surface area contributed by atoms with Gasteiger partial charge in [0.25, 0.3) is 0 Å². The summed E-state index contributed by atoms with van der Waals surface area (Å²) in [6.07, 6.45) is -4.88. The number of halogens is 3. The quantitative estimate of drug-likeness (QED) is 0.284. The van der Waals surface area contributed by atoms with Gasteiger partial charge in [-0.3, -0.25) is 4.79 Å². The molecule has 0 heterocycles. The molecule has 0 spiro atoms. The number of carbonyl (C=O) groups is 1. The number of esters is 1. The first-order valence-corrected chi connectivity index (χ1v) is 12.2. The summed E-state index contributed by atoms with van der Waals surface area (Å²) in [5, 5.41) is 0. The lowest BCUT2D eigenvalue weighted by molar-refractivity contribution is -0.142. The standard InChI is InChI=1S/C30H34F3NO2/c1-5-36-28(35)18-19-34(21-23-8-14-26(15-9-23)29(2,3)4)27-16-12-25(13-17-27)24-10-6-22(7-11-24)20-30(31,32)33/h6-17H,5,18-21H2,1-4H3. The van der Waals surface area contributed by atoms with Gasteiger partial charge >= 0.3 is 12.1 Å². The molecule has 3 aromatic rings. The Morgan fingerprint density at radius 3 is 1.83 bits per heavy atom. The Morgan fingerprint density at radius 1 is 0.806 bits per heavy atom. The second-order valence-electron chi connectivity index (χ2n) is 9.96. The van der Waals surface area contributed by atoms with Crippen molar-refractivity contribution < 1.29 is 22.7 Å². The van der Waals surface area contributed by atoms with Crippen molar-refractivity contribution in [2.75, 3.05) is 18.1 Å². The lowest BCUT2D eigenvalue weighted by Crippen LogP contribution is -2.26. The molecule has 3 nitrogen and oxygen atoms in total. The number of nitrogens with zero attached hydrogens (tertiary/aromatic N) is 1. The maximum absolute atomic E-state index is 12.6. The van der Waals surface area contributed by atoms with E-state index in [1.807, 2.05) is 24.3 Å². The molecule has 3 aromatic carbocycles. The molecule has 0 amide bonds. The molecule has 0 aliphatic heterocycles. The summed E-state index contributed by atoms with van der Waals surface area (Å²) in [6, 6.07) is 22.9. The number of hydrogen-bond acceptors (Lipinski definition) is 3. The topological polar surface area (TPSA) is 29.5 Å². The molecule has 0 aliphatic carbocycles. The predicted octanol–water partition coefficient (Wildman–Crippen LogP) is 7.72. The second kappa shape index (κ2) is 11.6. The Hall–Kier alpha value is -3.28. The van der Waals surface area contributed by atoms with Crippen molar-refractivity contribution in [3.05, 3.63) is 89.5 Å². The van der Waals surface area contributed by atoms with Gasteiger partial charge in [-0.05, 0) is 52.3 Å². The van der Waals surface area contributed by atoms with Crippen molar-refractivity contribution in [1.29, 1.82) is 0 Å². The van der Waals surface area contributed by atoms with E-state index >= 15 is 0 Å². The van der Waals surface area contributed by atoms with Crippen molar-refractivity contribution in [2.45, 2.75) is 58.7 Å². The molecule has 0 saturated heterocycles. The number of hydrogen-bond donors (Lipinski definition) is 0. The minimum atomic E-state index is -4.22. The third kappa shape index (κ3) is 8.14. The normalized spacial score (nSPS) is 11.9. The largest absolute Gasteiger partial charge is 0.466 e. The molecule has 0 bridgehead atoms. The summed E-state index contributed by atoms with van der Waals surface area (Å²) >= 11 is 0. The van der Waals surface area contributed by atoms with Crippen LogP contribution in [0.5, 0.6) is 0 Å². The van der Waals surface area contributed by atoms with E-state index < -0.39 is 12.6 Å². The van der Waals surface area contributed by atoms with Crippen molar-refractivity contribution in [1.82, 2.24) is 0 Å². The summed E-state index contributed by atoms with van der Waals surface area (Å²) < 4.78 is 43.0. The molecule has 6 heteroatoms. The Morgan fingerprint density at radius 2 is 1.33 bits per heavy atom. The molecule has 0 radical (unpaired) electrons. The van der Waals surface area contributed by atoms with E-state index in [-0.39, 0.29) is 23.4 Å². The fourth-order valence-corrected chi connectivity index (χ4v) is 4.00. The highest BCUT2D eigenvalue weighted by atomic mass is 19.4. The molecule has 3 rings (SSSR count). The maximum atomic E-state index is 12.6. The molecule has 0 fully saturated rings. The van der Waals surface area contributed by atoms with Crippen LogP contribution in [0.2, 0.25) is 0 Å². The van der Waals surface area contributed by atoms with Crippen LogP contribution >= 0.6 is 0 Å². The third-order valence-corrected chi connectivity index (χ3v) is 6.01. The molecular formula is C30H34F3NO2. The van der Waals surface area contributed by atoms with Crippen molar-refractivity contribution in [2.24, 2.45) is 0 Å². The number of carbonyl (C=O) groups excluding carboxylic acids is 1. The van der Waals surface area contributed by atoms with E-state index in [1.165, 1.54) is 17.7 Å². The fourth-order valence-electron chi connectivity index (χ4n) is 4.00. The van der Waals surface area contributed by atoms with Crippen molar-refractivity contribution in [3.63, 3.8) is 0 Å². The Balaban J connectivity index is 1.78. The van der Waals surface area contributed by atoms with E-state index in [2.05, 4.69) is 49.9 Å². The minimum absolute atomic E-state index is 0.0723. The van der Waals surface area contributed by atoms with E-state index in [1.54, 1.807) is 19.1 Å². The smallest absolute Gasteiger partial charge is 0.393 e. The average molecular weight is 498 g/mol. The van der Waals surface area contributed by atoms with Gasteiger partial charge in [0.15, 0.2) is 0 Å². The van der Waals surface area contributed by atoms with Crippen LogP contribution in [0.4, 0.5) is 18.9 Å². The van der Waals surface area contributed by atoms with Crippen molar-refractivity contribution in [3.8, 4) is 11.1 Å². The molecule has 0 atom stereocenters. The zero-order valence-corrected chi connectivity index (χ0v) is 21.4. The number of anilines is 1. The van der Waals surface area contributed by atoms with Crippen LogP contribution in [0.25, 0.3) is 11.1 Å². The number of rotatable bonds is 9. The van der Waals surface area contributed by atoms with Crippen LogP contribution in [-0.2, 0) is 27.9 Å². The Kier molecular flexibility index (Phi) is 8.83. The lowest BCUT2D eigenvalue weighted by atomic mass is 9.87. The van der Waals surface area contributed by atoms with Crippen LogP contribution in [-0.4, -0.2) is 25.3 Å². The van der Waals surface area contributed by atoms with Gasteiger partial charge in [0.2, 0.25) is 0 Å². The zero-order valence-electron chi connectivity index (χ0n) is 21.4. The van der Waals surface area contributed by atoms with Crippen LogP contribution in [0.1, 0.15) is 50.8 Å². The molecule has 0 saturated carbocycles. The van der Waals surface area contributed by atoms with Crippen LogP contribution in [0.15, 0.2) is 72.8 Å². The highest BCUT2D eigenvalue weighted by Gasteiger charge is 2.27. The maximum Gasteiger partial charge on any atom is 0.393 e. The van der Waals surface area contributed by atoms with E-state index in [0.29, 0.717) is 19.7 Å². The Bertz CT molecular complexity index is 1110. The van der Waals surface area contributed by atoms with Crippen molar-refractivity contribution >= 4 is 11.7 Å². The minimum Gasteiger partial charge on any atom is -0.466 e. The van der Waals surface area contributed by atoms with E-state index in [0.717, 1.165) is 22.4 Å². The summed E-state index contributed by atoms with van der Waals surface area (Å²) in [7, 11) is 0. The molecule has 0 aliphatic rings. The van der Waals surface area contributed by atoms with Gasteiger partial charge in [0.1, 0.15) is 0 Å². The summed E-state index contributed by atoms with van der Waals surface area (Å²) in [5.74, 6) is -0.235. The van der Waals surface area contributed by atoms with Gasteiger partial charge in [0.05, 0.1) is 19.4 Å². The first-order valence-electron chi connectivity index (χ1n) is 12.2. The van der Waals surface area contributed by atoms with E-state index in [9.17, 15) is 18.0 Å². The number of benzene rings is 3. The average Bonchev–Trinajstić information content (AvgIpc) is 2.81. The predicted molar refractivity (Wildman–Crippen MR) is 139 cm³/mol. The lowest BCUT2D eigenvalue weighted by Gasteiger charge is -2.26. The molecule has 36 heavy (non-hydrogen) atoms. The first-order chi connectivity index (χ1) is 16.9. The molecule has 0 aromatic heterocycles. The van der Waals surface area contributed by atoms with Gasteiger partial charge in [0, 0.05) is 18.8 Å². The first kappa shape index (κ1) is 27.3. The number of alkyl halides is 3. The summed E-state index contributed by atoms with van der Waals surface area (Å²) in [4.78, 5) is 14.2. The van der Waals surface area contributed by atoms with Gasteiger partial charge in [-0.1, -0.05) is 81.4 Å². The molecular weight excluding hydrogens is 463 g/mol. The summed E-state index contributed by atoms with van der Waals surface area (Å²) in [5.41, 5.74) is 5.43. The van der Waals surface area contributed by atoms with Crippen LogP contribution in [0, 0.1) is 0 Å². The number of ether oxygens (including phenoxy) is 1. The van der Waals surface area contributed by atoms with Gasteiger partial charge in [-0.15, -0.1) is 0 Å². The van der Waals surface area contributed by atoms with Crippen LogP contribution < -0.4 is 4.90 Å². The third-order valence-electron chi connectivity index (χ3n) is 6.01.